The number of anilines is 1. The highest BCUT2D eigenvalue weighted by atomic mass is 16.3. The maximum Gasteiger partial charge on any atom is 0.0862 e. The van der Waals surface area contributed by atoms with Crippen molar-refractivity contribution in [3.05, 3.63) is 11.4 Å². The summed E-state index contributed by atoms with van der Waals surface area (Å²) in [7, 11) is 0. The van der Waals surface area contributed by atoms with Gasteiger partial charge in [-0.3, -0.25) is 4.68 Å². The lowest BCUT2D eigenvalue weighted by molar-refractivity contribution is -0.0176. The van der Waals surface area contributed by atoms with Gasteiger partial charge < -0.3 is 20.8 Å². The Hall–Kier alpha value is -1.11. The van der Waals surface area contributed by atoms with Crippen molar-refractivity contribution in [3.63, 3.8) is 0 Å². The summed E-state index contributed by atoms with van der Waals surface area (Å²) in [6.45, 7) is 8.37. The molecule has 1 unspecified atom stereocenters. The molecule has 0 spiro atoms. The van der Waals surface area contributed by atoms with E-state index >= 15 is 0 Å². The number of likely N-dealkylation sites (tertiary alicyclic amines) is 1. The van der Waals surface area contributed by atoms with Gasteiger partial charge in [0.05, 0.1) is 35.3 Å². The van der Waals surface area contributed by atoms with Gasteiger partial charge in [-0.15, -0.1) is 0 Å². The van der Waals surface area contributed by atoms with Crippen LogP contribution in [0.25, 0.3) is 0 Å². The number of nitrogens with zero attached hydrogens (tertiary/aromatic N) is 3. The molecule has 1 atom stereocenters. The normalized spacial score (nSPS) is 21.1. The number of piperidine rings is 1. The van der Waals surface area contributed by atoms with Gasteiger partial charge in [0.25, 0.3) is 0 Å². The van der Waals surface area contributed by atoms with E-state index in [1.165, 1.54) is 0 Å². The van der Waals surface area contributed by atoms with Crippen LogP contribution < -0.4 is 5.73 Å². The highest BCUT2D eigenvalue weighted by Gasteiger charge is 2.28. The maximum absolute atomic E-state index is 10.2. The summed E-state index contributed by atoms with van der Waals surface area (Å²) in [5.74, 6) is 0. The van der Waals surface area contributed by atoms with Crippen molar-refractivity contribution < 1.29 is 10.2 Å². The summed E-state index contributed by atoms with van der Waals surface area (Å²) in [4.78, 5) is 2.19. The minimum absolute atomic E-state index is 0.455. The summed E-state index contributed by atoms with van der Waals surface area (Å²) in [6.07, 6.45) is 1.04. The summed E-state index contributed by atoms with van der Waals surface area (Å²) in [6, 6.07) is 0. The van der Waals surface area contributed by atoms with Crippen molar-refractivity contribution in [2.75, 3.05) is 25.4 Å². The average molecular weight is 282 g/mol. The van der Waals surface area contributed by atoms with E-state index < -0.39 is 11.7 Å². The van der Waals surface area contributed by atoms with Crippen LogP contribution in [0, 0.1) is 13.8 Å². The average Bonchev–Trinajstić information content (AvgIpc) is 2.60. The molecule has 0 aromatic carbocycles. The number of hydrogen-bond donors (Lipinski definition) is 3. The number of aryl methyl sites for hydroxylation is 1. The van der Waals surface area contributed by atoms with E-state index in [9.17, 15) is 10.2 Å². The van der Waals surface area contributed by atoms with Crippen molar-refractivity contribution in [3.8, 4) is 0 Å². The molecule has 4 N–H and O–H groups in total. The second-order valence-corrected chi connectivity index (χ2v) is 6.22. The number of nitrogen functional groups attached to an aromatic ring is 1. The monoisotopic (exact) mass is 282 g/mol. The van der Waals surface area contributed by atoms with Gasteiger partial charge in [-0.2, -0.15) is 5.10 Å². The molecule has 1 aromatic rings. The number of rotatable bonds is 4. The molecule has 6 nitrogen and oxygen atoms in total. The van der Waals surface area contributed by atoms with Gasteiger partial charge >= 0.3 is 0 Å². The largest absolute Gasteiger partial charge is 0.396 e. The number of aliphatic hydroxyl groups excluding tert-OH is 1. The smallest absolute Gasteiger partial charge is 0.0862 e. The molecule has 1 aliphatic rings. The third-order valence-electron chi connectivity index (χ3n) is 4.22. The number of hydrogen-bond acceptors (Lipinski definition) is 5. The fourth-order valence-corrected chi connectivity index (χ4v) is 2.66. The van der Waals surface area contributed by atoms with Gasteiger partial charge in [-0.25, -0.2) is 0 Å². The quantitative estimate of drug-likeness (QED) is 0.739. The second kappa shape index (κ2) is 5.71. The predicted octanol–water partition coefficient (Wildman–Crippen LogP) is 0.290. The first-order chi connectivity index (χ1) is 9.28. The van der Waals surface area contributed by atoms with Crippen LogP contribution in [0.2, 0.25) is 0 Å². The molecule has 1 aromatic heterocycles. The third kappa shape index (κ3) is 3.50. The van der Waals surface area contributed by atoms with Gasteiger partial charge in [0, 0.05) is 19.6 Å². The van der Waals surface area contributed by atoms with Crippen LogP contribution in [0.4, 0.5) is 5.69 Å². The first-order valence-corrected chi connectivity index (χ1v) is 7.21. The van der Waals surface area contributed by atoms with E-state index in [0.29, 0.717) is 18.8 Å². The van der Waals surface area contributed by atoms with Gasteiger partial charge in [-0.1, -0.05) is 0 Å². The molecule has 6 heteroatoms. The Bertz CT molecular complexity index is 460. The Morgan fingerprint density at radius 1 is 1.30 bits per heavy atom. The molecule has 0 aliphatic carbocycles. The number of β-amino-alcohol motifs (C(OH)–C–C–N with tert-alkyl or cyclic N) is 1. The number of aromatic nitrogens is 2. The molecule has 0 radical (unpaired) electrons. The van der Waals surface area contributed by atoms with Gasteiger partial charge in [0.2, 0.25) is 0 Å². The van der Waals surface area contributed by atoms with Crippen LogP contribution in [-0.4, -0.2) is 56.2 Å². The molecule has 114 valence electrons. The molecule has 0 amide bonds. The van der Waals surface area contributed by atoms with Crippen molar-refractivity contribution in [2.24, 2.45) is 0 Å². The molecular formula is C14H26N4O2. The first kappa shape index (κ1) is 15.3. The molecule has 2 heterocycles. The van der Waals surface area contributed by atoms with Crippen LogP contribution in [0.1, 0.15) is 31.2 Å². The Balaban J connectivity index is 1.87. The van der Waals surface area contributed by atoms with E-state index in [4.69, 9.17) is 5.73 Å². The zero-order chi connectivity index (χ0) is 14.9. The first-order valence-electron chi connectivity index (χ1n) is 7.21. The molecule has 2 rings (SSSR count). The minimum Gasteiger partial charge on any atom is -0.396 e. The molecule has 1 aliphatic heterocycles. The SMILES string of the molecule is Cc1nn(CC(O)CN2CCC(C)(O)CC2)c(C)c1N. The van der Waals surface area contributed by atoms with Gasteiger partial charge in [-0.05, 0) is 33.6 Å². The summed E-state index contributed by atoms with van der Waals surface area (Å²) < 4.78 is 1.77. The Labute approximate surface area is 120 Å². The Kier molecular flexibility index (Phi) is 4.36. The lowest BCUT2D eigenvalue weighted by Gasteiger charge is -2.36. The van der Waals surface area contributed by atoms with E-state index in [-0.39, 0.29) is 0 Å². The van der Waals surface area contributed by atoms with Crippen LogP contribution in [0.5, 0.6) is 0 Å². The third-order valence-corrected chi connectivity index (χ3v) is 4.22. The fourth-order valence-electron chi connectivity index (χ4n) is 2.66. The zero-order valence-electron chi connectivity index (χ0n) is 12.6. The van der Waals surface area contributed by atoms with Crippen molar-refractivity contribution in [1.29, 1.82) is 0 Å². The highest BCUT2D eigenvalue weighted by Crippen LogP contribution is 2.21. The maximum atomic E-state index is 10.2. The van der Waals surface area contributed by atoms with Crippen molar-refractivity contribution >= 4 is 5.69 Å². The van der Waals surface area contributed by atoms with E-state index in [1.807, 2.05) is 20.8 Å². The van der Waals surface area contributed by atoms with E-state index in [1.54, 1.807) is 4.68 Å². The number of aliphatic hydroxyl groups is 2. The molecule has 1 saturated heterocycles. The van der Waals surface area contributed by atoms with Crippen LogP contribution in [0.15, 0.2) is 0 Å². The van der Waals surface area contributed by atoms with Crippen LogP contribution in [-0.2, 0) is 6.54 Å². The van der Waals surface area contributed by atoms with Gasteiger partial charge in [0.1, 0.15) is 0 Å². The molecule has 0 saturated carbocycles. The zero-order valence-corrected chi connectivity index (χ0v) is 12.6. The summed E-state index contributed by atoms with van der Waals surface area (Å²) >= 11 is 0. The topological polar surface area (TPSA) is 87.5 Å². The van der Waals surface area contributed by atoms with Crippen LogP contribution >= 0.6 is 0 Å². The standard InChI is InChI=1S/C14H26N4O2/c1-10-13(15)11(2)18(16-10)9-12(19)8-17-6-4-14(3,20)5-7-17/h12,19-20H,4-9,15H2,1-3H3. The van der Waals surface area contributed by atoms with Crippen molar-refractivity contribution in [2.45, 2.75) is 51.9 Å². The van der Waals surface area contributed by atoms with E-state index in [0.717, 1.165) is 37.3 Å². The molecule has 1 fully saturated rings. The highest BCUT2D eigenvalue weighted by molar-refractivity contribution is 5.46. The second-order valence-electron chi connectivity index (χ2n) is 6.22. The fraction of sp³-hybridized carbons (Fsp3) is 0.786. The lowest BCUT2D eigenvalue weighted by atomic mass is 9.94. The Morgan fingerprint density at radius 3 is 2.40 bits per heavy atom. The molecule has 0 bridgehead atoms. The Morgan fingerprint density at radius 2 is 1.90 bits per heavy atom. The van der Waals surface area contributed by atoms with Crippen molar-refractivity contribution in [1.82, 2.24) is 14.7 Å². The molecular weight excluding hydrogens is 256 g/mol. The summed E-state index contributed by atoms with van der Waals surface area (Å²) in [5.41, 5.74) is 7.75. The minimum atomic E-state index is -0.550. The summed E-state index contributed by atoms with van der Waals surface area (Å²) in [5, 5.41) is 24.5. The molecule has 20 heavy (non-hydrogen) atoms. The van der Waals surface area contributed by atoms with Crippen LogP contribution in [0.3, 0.4) is 0 Å². The van der Waals surface area contributed by atoms with E-state index in [2.05, 4.69) is 10.00 Å². The van der Waals surface area contributed by atoms with Gasteiger partial charge in [0.15, 0.2) is 0 Å². The number of nitrogens with two attached hydrogens (primary N) is 1. The lowest BCUT2D eigenvalue weighted by Crippen LogP contribution is -2.45. The predicted molar refractivity (Wildman–Crippen MR) is 78.4 cm³/mol.